The standard InChI is InChI=1S/C15H28N2O/c1-14(2)11-6-8-15(14,3)12(10-11)16-13(18)7-9-17(4)5/h11-12H,6-10H2,1-5H3,(H,16,18)/t11-,12+,15+/m0/s1. The second kappa shape index (κ2) is 4.52. The van der Waals surface area contributed by atoms with Crippen molar-refractivity contribution in [3.05, 3.63) is 0 Å². The molecule has 3 heteroatoms. The minimum atomic E-state index is 0.221. The summed E-state index contributed by atoms with van der Waals surface area (Å²) in [4.78, 5) is 14.1. The van der Waals surface area contributed by atoms with E-state index in [1.165, 1.54) is 19.3 Å². The van der Waals surface area contributed by atoms with Crippen molar-refractivity contribution in [1.82, 2.24) is 10.2 Å². The maximum Gasteiger partial charge on any atom is 0.221 e. The number of hydrogen-bond acceptors (Lipinski definition) is 2. The quantitative estimate of drug-likeness (QED) is 0.832. The molecule has 2 aliphatic rings. The summed E-state index contributed by atoms with van der Waals surface area (Å²) in [6.45, 7) is 7.98. The first kappa shape index (κ1) is 13.9. The van der Waals surface area contributed by atoms with Crippen LogP contribution in [-0.4, -0.2) is 37.5 Å². The van der Waals surface area contributed by atoms with E-state index in [2.05, 4.69) is 31.0 Å². The summed E-state index contributed by atoms with van der Waals surface area (Å²) in [5, 5.41) is 3.30. The molecule has 0 aliphatic heterocycles. The Bertz CT molecular complexity index is 337. The highest BCUT2D eigenvalue weighted by molar-refractivity contribution is 5.76. The van der Waals surface area contributed by atoms with Gasteiger partial charge in [-0.3, -0.25) is 4.79 Å². The third-order valence-corrected chi connectivity index (χ3v) is 5.92. The van der Waals surface area contributed by atoms with E-state index < -0.39 is 0 Å². The largest absolute Gasteiger partial charge is 0.353 e. The first-order chi connectivity index (χ1) is 8.27. The van der Waals surface area contributed by atoms with Gasteiger partial charge in [0, 0.05) is 19.0 Å². The van der Waals surface area contributed by atoms with E-state index >= 15 is 0 Å². The van der Waals surface area contributed by atoms with Crippen LogP contribution in [0.25, 0.3) is 0 Å². The molecule has 18 heavy (non-hydrogen) atoms. The van der Waals surface area contributed by atoms with E-state index in [9.17, 15) is 4.79 Å². The molecule has 0 aromatic rings. The monoisotopic (exact) mass is 252 g/mol. The average Bonchev–Trinajstić information content (AvgIpc) is 2.59. The Kier molecular flexibility index (Phi) is 3.48. The van der Waals surface area contributed by atoms with Gasteiger partial charge in [-0.15, -0.1) is 0 Å². The molecule has 2 rings (SSSR count). The van der Waals surface area contributed by atoms with Gasteiger partial charge in [-0.25, -0.2) is 0 Å². The van der Waals surface area contributed by atoms with Crippen molar-refractivity contribution in [3.8, 4) is 0 Å². The van der Waals surface area contributed by atoms with Crippen molar-refractivity contribution < 1.29 is 4.79 Å². The topological polar surface area (TPSA) is 32.3 Å². The minimum absolute atomic E-state index is 0.221. The summed E-state index contributed by atoms with van der Waals surface area (Å²) in [6.07, 6.45) is 4.40. The zero-order valence-electron chi connectivity index (χ0n) is 12.5. The molecule has 0 heterocycles. The lowest BCUT2D eigenvalue weighted by molar-refractivity contribution is -0.123. The number of fused-ring (bicyclic) bond motifs is 2. The minimum Gasteiger partial charge on any atom is -0.353 e. The summed E-state index contributed by atoms with van der Waals surface area (Å²) >= 11 is 0. The first-order valence-corrected chi connectivity index (χ1v) is 7.21. The highest BCUT2D eigenvalue weighted by Crippen LogP contribution is 2.65. The smallest absolute Gasteiger partial charge is 0.221 e. The molecule has 2 aliphatic carbocycles. The molecule has 2 bridgehead atoms. The molecule has 2 fully saturated rings. The van der Waals surface area contributed by atoms with Crippen LogP contribution >= 0.6 is 0 Å². The van der Waals surface area contributed by atoms with Crippen molar-refractivity contribution >= 4 is 5.91 Å². The van der Waals surface area contributed by atoms with E-state index in [4.69, 9.17) is 0 Å². The van der Waals surface area contributed by atoms with Crippen LogP contribution in [0.2, 0.25) is 0 Å². The summed E-state index contributed by atoms with van der Waals surface area (Å²) in [7, 11) is 4.02. The Hall–Kier alpha value is -0.570. The maximum atomic E-state index is 12.0. The fourth-order valence-corrected chi connectivity index (χ4v) is 4.01. The lowest BCUT2D eigenvalue weighted by Gasteiger charge is -2.39. The van der Waals surface area contributed by atoms with Gasteiger partial charge in [0.05, 0.1) is 0 Å². The Morgan fingerprint density at radius 2 is 2.00 bits per heavy atom. The number of rotatable bonds is 4. The predicted octanol–water partition coefficient (Wildman–Crippen LogP) is 2.27. The van der Waals surface area contributed by atoms with E-state index in [1.54, 1.807) is 0 Å². The van der Waals surface area contributed by atoms with Crippen molar-refractivity contribution in [1.29, 1.82) is 0 Å². The molecule has 3 atom stereocenters. The van der Waals surface area contributed by atoms with Crippen LogP contribution in [0.15, 0.2) is 0 Å². The molecule has 2 saturated carbocycles. The van der Waals surface area contributed by atoms with E-state index in [0.29, 0.717) is 23.3 Å². The lowest BCUT2D eigenvalue weighted by atomic mass is 9.69. The van der Waals surface area contributed by atoms with Crippen LogP contribution in [0.3, 0.4) is 0 Å². The molecule has 0 spiro atoms. The molecule has 1 N–H and O–H groups in total. The van der Waals surface area contributed by atoms with Gasteiger partial charge in [-0.05, 0) is 50.1 Å². The molecular weight excluding hydrogens is 224 g/mol. The molecule has 1 amide bonds. The number of amides is 1. The number of nitrogens with one attached hydrogen (secondary N) is 1. The average molecular weight is 252 g/mol. The lowest BCUT2D eigenvalue weighted by Crippen LogP contribution is -2.47. The molecule has 3 nitrogen and oxygen atoms in total. The Labute approximate surface area is 111 Å². The highest BCUT2D eigenvalue weighted by atomic mass is 16.1. The maximum absolute atomic E-state index is 12.0. The molecule has 0 radical (unpaired) electrons. The zero-order chi connectivity index (χ0) is 13.6. The van der Waals surface area contributed by atoms with Crippen LogP contribution in [-0.2, 0) is 4.79 Å². The molecule has 0 saturated heterocycles. The van der Waals surface area contributed by atoms with Gasteiger partial charge < -0.3 is 10.2 Å². The summed E-state index contributed by atoms with van der Waals surface area (Å²) in [6, 6.07) is 0.390. The van der Waals surface area contributed by atoms with Gasteiger partial charge in [0.2, 0.25) is 5.91 Å². The van der Waals surface area contributed by atoms with Crippen LogP contribution in [0.5, 0.6) is 0 Å². The normalized spacial score (nSPS) is 37.2. The van der Waals surface area contributed by atoms with Crippen LogP contribution in [0, 0.1) is 16.7 Å². The molecule has 0 aromatic carbocycles. The predicted molar refractivity (Wildman–Crippen MR) is 74.3 cm³/mol. The second-order valence-corrected chi connectivity index (χ2v) is 7.28. The second-order valence-electron chi connectivity index (χ2n) is 7.28. The van der Waals surface area contributed by atoms with Gasteiger partial charge in [0.15, 0.2) is 0 Å². The van der Waals surface area contributed by atoms with E-state index in [1.807, 2.05) is 14.1 Å². The van der Waals surface area contributed by atoms with E-state index in [-0.39, 0.29) is 5.91 Å². The molecule has 0 aromatic heterocycles. The van der Waals surface area contributed by atoms with Crippen molar-refractivity contribution in [2.75, 3.05) is 20.6 Å². The number of carbonyl (C=O) groups is 1. The fraction of sp³-hybridized carbons (Fsp3) is 0.933. The first-order valence-electron chi connectivity index (χ1n) is 7.21. The van der Waals surface area contributed by atoms with Crippen LogP contribution in [0.1, 0.15) is 46.5 Å². The fourth-order valence-electron chi connectivity index (χ4n) is 4.01. The summed E-state index contributed by atoms with van der Waals surface area (Å²) in [5.74, 6) is 1.01. The van der Waals surface area contributed by atoms with E-state index in [0.717, 1.165) is 12.5 Å². The zero-order valence-corrected chi connectivity index (χ0v) is 12.5. The SMILES string of the molecule is CN(C)CCC(=O)N[C@@H]1C[C@@H]2CC[C@@]1(C)C2(C)C. The van der Waals surface area contributed by atoms with Gasteiger partial charge in [0.25, 0.3) is 0 Å². The third-order valence-electron chi connectivity index (χ3n) is 5.92. The van der Waals surface area contributed by atoms with Crippen LogP contribution in [0.4, 0.5) is 0 Å². The molecule has 104 valence electrons. The highest BCUT2D eigenvalue weighted by Gasteiger charge is 2.61. The summed E-state index contributed by atoms with van der Waals surface area (Å²) in [5.41, 5.74) is 0.679. The molecular formula is C15H28N2O. The Morgan fingerprint density at radius 3 is 2.44 bits per heavy atom. The van der Waals surface area contributed by atoms with Gasteiger partial charge in [0.1, 0.15) is 0 Å². The number of nitrogens with zero attached hydrogens (tertiary/aromatic N) is 1. The van der Waals surface area contributed by atoms with Crippen molar-refractivity contribution in [2.24, 2.45) is 16.7 Å². The van der Waals surface area contributed by atoms with Crippen molar-refractivity contribution in [3.63, 3.8) is 0 Å². The molecule has 0 unspecified atom stereocenters. The Balaban J connectivity index is 1.94. The van der Waals surface area contributed by atoms with Crippen molar-refractivity contribution in [2.45, 2.75) is 52.5 Å². The van der Waals surface area contributed by atoms with Gasteiger partial charge in [-0.2, -0.15) is 0 Å². The summed E-state index contributed by atoms with van der Waals surface area (Å²) < 4.78 is 0. The number of carbonyl (C=O) groups excluding carboxylic acids is 1. The Morgan fingerprint density at radius 1 is 1.33 bits per heavy atom. The van der Waals surface area contributed by atoms with Gasteiger partial charge in [-0.1, -0.05) is 20.8 Å². The van der Waals surface area contributed by atoms with Crippen LogP contribution < -0.4 is 5.32 Å². The third kappa shape index (κ3) is 2.07. The number of hydrogen-bond donors (Lipinski definition) is 1. The van der Waals surface area contributed by atoms with Gasteiger partial charge >= 0.3 is 0 Å².